The van der Waals surface area contributed by atoms with E-state index in [0.29, 0.717) is 5.69 Å². The van der Waals surface area contributed by atoms with Crippen molar-refractivity contribution in [3.05, 3.63) is 24.3 Å². The van der Waals surface area contributed by atoms with Crippen molar-refractivity contribution in [2.24, 2.45) is 11.8 Å². The summed E-state index contributed by atoms with van der Waals surface area (Å²) < 4.78 is 5.66. The van der Waals surface area contributed by atoms with Crippen LogP contribution in [0.3, 0.4) is 0 Å². The molecule has 2 rings (SSSR count). The van der Waals surface area contributed by atoms with E-state index in [0.717, 1.165) is 0 Å². The van der Waals surface area contributed by atoms with Crippen LogP contribution in [-0.4, -0.2) is 23.2 Å². The second-order valence-electron chi connectivity index (χ2n) is 4.97. The molecular formula is C14H19NO3. The molecule has 1 aliphatic rings. The Morgan fingerprint density at radius 2 is 1.78 bits per heavy atom. The van der Waals surface area contributed by atoms with Crippen LogP contribution < -0.4 is 5.32 Å². The molecule has 4 atom stereocenters. The van der Waals surface area contributed by atoms with E-state index in [1.807, 2.05) is 20.8 Å². The second-order valence-corrected chi connectivity index (χ2v) is 4.97. The number of carbonyl (C=O) groups is 1. The van der Waals surface area contributed by atoms with Gasteiger partial charge in [-0.2, -0.15) is 0 Å². The highest BCUT2D eigenvalue weighted by atomic mass is 16.5. The number of amides is 1. The molecule has 1 saturated heterocycles. The van der Waals surface area contributed by atoms with Gasteiger partial charge in [0.25, 0.3) is 0 Å². The van der Waals surface area contributed by atoms with Gasteiger partial charge in [0.1, 0.15) is 5.75 Å². The number of aromatic hydroxyl groups is 1. The number of anilines is 1. The molecule has 98 valence electrons. The normalized spacial score (nSPS) is 31.3. The third-order valence-corrected chi connectivity index (χ3v) is 3.68. The summed E-state index contributed by atoms with van der Waals surface area (Å²) in [5.41, 5.74) is 0.691. The van der Waals surface area contributed by atoms with Crippen LogP contribution in [-0.2, 0) is 9.53 Å². The van der Waals surface area contributed by atoms with Gasteiger partial charge in [0.2, 0.25) is 5.91 Å². The summed E-state index contributed by atoms with van der Waals surface area (Å²) in [6.07, 6.45) is 0.0442. The molecule has 0 aromatic heterocycles. The monoisotopic (exact) mass is 249 g/mol. The lowest BCUT2D eigenvalue weighted by Crippen LogP contribution is -2.31. The number of benzene rings is 1. The first kappa shape index (κ1) is 12.9. The van der Waals surface area contributed by atoms with E-state index in [1.165, 1.54) is 0 Å². The Morgan fingerprint density at radius 3 is 2.28 bits per heavy atom. The second kappa shape index (κ2) is 4.98. The van der Waals surface area contributed by atoms with Gasteiger partial charge in [-0.3, -0.25) is 4.79 Å². The first-order chi connectivity index (χ1) is 8.49. The van der Waals surface area contributed by atoms with Crippen LogP contribution in [0.5, 0.6) is 5.75 Å². The quantitative estimate of drug-likeness (QED) is 0.791. The summed E-state index contributed by atoms with van der Waals surface area (Å²) in [4.78, 5) is 12.2. The molecule has 0 bridgehead atoms. The van der Waals surface area contributed by atoms with E-state index in [9.17, 15) is 9.90 Å². The highest BCUT2D eigenvalue weighted by Crippen LogP contribution is 2.33. The molecule has 4 nitrogen and oxygen atoms in total. The molecule has 0 spiro atoms. The lowest BCUT2D eigenvalue weighted by atomic mass is 9.89. The molecule has 0 saturated carbocycles. The number of phenolic OH excluding ortho intramolecular Hbond substituents is 1. The van der Waals surface area contributed by atoms with Crippen molar-refractivity contribution in [1.29, 1.82) is 0 Å². The first-order valence-electron chi connectivity index (χ1n) is 6.24. The zero-order valence-electron chi connectivity index (χ0n) is 10.9. The molecule has 18 heavy (non-hydrogen) atoms. The predicted molar refractivity (Wildman–Crippen MR) is 69.4 cm³/mol. The number of carbonyl (C=O) groups excluding carboxylic acids is 1. The van der Waals surface area contributed by atoms with Gasteiger partial charge in [0.15, 0.2) is 0 Å². The lowest BCUT2D eigenvalue weighted by Gasteiger charge is -2.17. The summed E-state index contributed by atoms with van der Waals surface area (Å²) in [6, 6.07) is 6.47. The lowest BCUT2D eigenvalue weighted by molar-refractivity contribution is -0.121. The topological polar surface area (TPSA) is 58.6 Å². The number of hydrogen-bond acceptors (Lipinski definition) is 3. The zero-order valence-corrected chi connectivity index (χ0v) is 10.9. The van der Waals surface area contributed by atoms with Crippen molar-refractivity contribution in [2.45, 2.75) is 33.0 Å². The van der Waals surface area contributed by atoms with E-state index < -0.39 is 0 Å². The molecular weight excluding hydrogens is 230 g/mol. The van der Waals surface area contributed by atoms with Gasteiger partial charge < -0.3 is 15.2 Å². The predicted octanol–water partition coefficient (Wildman–Crippen LogP) is 2.39. The summed E-state index contributed by atoms with van der Waals surface area (Å²) in [6.45, 7) is 5.96. The fourth-order valence-corrected chi connectivity index (χ4v) is 2.49. The van der Waals surface area contributed by atoms with Crippen molar-refractivity contribution >= 4 is 11.6 Å². The number of ether oxygens (including phenoxy) is 1. The standard InChI is InChI=1S/C14H19NO3/c1-8-9(2)18-10(3)13(8)14(17)15-11-4-6-12(16)7-5-11/h4-10,13,16H,1-3H3,(H,15,17). The molecule has 1 aromatic carbocycles. The maximum absolute atomic E-state index is 12.2. The smallest absolute Gasteiger partial charge is 0.230 e. The van der Waals surface area contributed by atoms with Crippen LogP contribution >= 0.6 is 0 Å². The van der Waals surface area contributed by atoms with Gasteiger partial charge in [-0.1, -0.05) is 6.92 Å². The Morgan fingerprint density at radius 1 is 1.17 bits per heavy atom. The molecule has 2 N–H and O–H groups in total. The minimum Gasteiger partial charge on any atom is -0.508 e. The SMILES string of the molecule is CC1OC(C)C(C(=O)Nc2ccc(O)cc2)C1C. The minimum absolute atomic E-state index is 0.0231. The Hall–Kier alpha value is -1.55. The fourth-order valence-electron chi connectivity index (χ4n) is 2.49. The Kier molecular flexibility index (Phi) is 3.57. The molecule has 4 heteroatoms. The number of hydrogen-bond donors (Lipinski definition) is 2. The van der Waals surface area contributed by atoms with Crippen molar-refractivity contribution < 1.29 is 14.6 Å². The molecule has 1 amide bonds. The van der Waals surface area contributed by atoms with Crippen LogP contribution in [0, 0.1) is 11.8 Å². The van der Waals surface area contributed by atoms with E-state index in [-0.39, 0.29) is 35.7 Å². The number of phenols is 1. The molecule has 1 heterocycles. The van der Waals surface area contributed by atoms with Gasteiger partial charge in [-0.05, 0) is 44.0 Å². The molecule has 1 fully saturated rings. The largest absolute Gasteiger partial charge is 0.508 e. The Labute approximate surface area is 107 Å². The summed E-state index contributed by atoms with van der Waals surface area (Å²) in [5.74, 6) is 0.239. The maximum Gasteiger partial charge on any atom is 0.230 e. The average Bonchev–Trinajstić information content (AvgIpc) is 2.56. The van der Waals surface area contributed by atoms with E-state index in [1.54, 1.807) is 24.3 Å². The Bertz CT molecular complexity index is 429. The molecule has 0 aliphatic carbocycles. The summed E-state index contributed by atoms with van der Waals surface area (Å²) >= 11 is 0. The third kappa shape index (κ3) is 2.48. The van der Waals surface area contributed by atoms with Crippen LogP contribution in [0.15, 0.2) is 24.3 Å². The minimum atomic E-state index is -0.131. The average molecular weight is 249 g/mol. The summed E-state index contributed by atoms with van der Waals surface area (Å²) in [7, 11) is 0. The van der Waals surface area contributed by atoms with Gasteiger partial charge in [0.05, 0.1) is 18.1 Å². The van der Waals surface area contributed by atoms with Gasteiger partial charge in [-0.15, -0.1) is 0 Å². The molecule has 4 unspecified atom stereocenters. The zero-order chi connectivity index (χ0) is 13.3. The molecule has 0 radical (unpaired) electrons. The molecule has 1 aliphatic heterocycles. The Balaban J connectivity index is 2.06. The van der Waals surface area contributed by atoms with Gasteiger partial charge in [-0.25, -0.2) is 0 Å². The van der Waals surface area contributed by atoms with Crippen molar-refractivity contribution in [3.63, 3.8) is 0 Å². The highest BCUT2D eigenvalue weighted by Gasteiger charge is 2.41. The van der Waals surface area contributed by atoms with E-state index in [2.05, 4.69) is 5.32 Å². The fraction of sp³-hybridized carbons (Fsp3) is 0.500. The van der Waals surface area contributed by atoms with Crippen LogP contribution in [0.1, 0.15) is 20.8 Å². The van der Waals surface area contributed by atoms with Crippen molar-refractivity contribution in [1.82, 2.24) is 0 Å². The van der Waals surface area contributed by atoms with E-state index in [4.69, 9.17) is 4.74 Å². The van der Waals surface area contributed by atoms with Crippen molar-refractivity contribution in [2.75, 3.05) is 5.32 Å². The number of nitrogens with one attached hydrogen (secondary N) is 1. The maximum atomic E-state index is 12.2. The van der Waals surface area contributed by atoms with Gasteiger partial charge >= 0.3 is 0 Å². The first-order valence-corrected chi connectivity index (χ1v) is 6.24. The van der Waals surface area contributed by atoms with E-state index >= 15 is 0 Å². The van der Waals surface area contributed by atoms with Gasteiger partial charge in [0, 0.05) is 5.69 Å². The van der Waals surface area contributed by atoms with Crippen LogP contribution in [0.25, 0.3) is 0 Å². The number of rotatable bonds is 2. The van der Waals surface area contributed by atoms with Crippen LogP contribution in [0.4, 0.5) is 5.69 Å². The van der Waals surface area contributed by atoms with Crippen molar-refractivity contribution in [3.8, 4) is 5.75 Å². The van der Waals surface area contributed by atoms with Crippen LogP contribution in [0.2, 0.25) is 0 Å². The highest BCUT2D eigenvalue weighted by molar-refractivity contribution is 5.93. The third-order valence-electron chi connectivity index (χ3n) is 3.68. The summed E-state index contributed by atoms with van der Waals surface area (Å²) in [5, 5.41) is 12.1. The molecule has 1 aromatic rings.